The average Bonchev–Trinajstić information content (AvgIpc) is 3.06. The maximum atomic E-state index is 12.7. The lowest BCUT2D eigenvalue weighted by molar-refractivity contribution is 0.0922. The highest BCUT2D eigenvalue weighted by Crippen LogP contribution is 2.26. The van der Waals surface area contributed by atoms with Crippen LogP contribution in [-0.4, -0.2) is 20.7 Å². The van der Waals surface area contributed by atoms with Crippen molar-refractivity contribution in [2.75, 3.05) is 0 Å². The Kier molecular flexibility index (Phi) is 7.38. The number of hydrogen-bond acceptors (Lipinski definition) is 4. The number of nitrogens with zero attached hydrogens (tertiary/aromatic N) is 3. The van der Waals surface area contributed by atoms with Crippen molar-refractivity contribution in [1.82, 2.24) is 20.1 Å². The van der Waals surface area contributed by atoms with Gasteiger partial charge in [-0.1, -0.05) is 65.3 Å². The predicted octanol–water partition coefficient (Wildman–Crippen LogP) is 5.65. The molecule has 2 aromatic carbocycles. The molecule has 0 bridgehead atoms. The highest BCUT2D eigenvalue weighted by Gasteiger charge is 2.25. The molecule has 0 spiro atoms. The lowest BCUT2D eigenvalue weighted by Gasteiger charge is -2.21. The van der Waals surface area contributed by atoms with E-state index in [1.165, 1.54) is 5.56 Å². The van der Waals surface area contributed by atoms with Crippen LogP contribution >= 0.6 is 39.3 Å². The quantitative estimate of drug-likeness (QED) is 0.432. The molecule has 1 aromatic heterocycles. The normalized spacial score (nSPS) is 12.2. The second kappa shape index (κ2) is 9.78. The van der Waals surface area contributed by atoms with Crippen LogP contribution in [0.25, 0.3) is 0 Å². The Labute approximate surface area is 188 Å². The Bertz CT molecular complexity index is 973. The first kappa shape index (κ1) is 21.9. The third-order valence-corrected chi connectivity index (χ3v) is 6.36. The van der Waals surface area contributed by atoms with Gasteiger partial charge in [0.25, 0.3) is 5.91 Å². The van der Waals surface area contributed by atoms with Crippen LogP contribution in [0.3, 0.4) is 0 Å². The minimum atomic E-state index is -0.252. The number of hydrogen-bond donors (Lipinski definition) is 1. The summed E-state index contributed by atoms with van der Waals surface area (Å²) in [5.41, 5.74) is 1.77. The molecule has 3 rings (SSSR count). The van der Waals surface area contributed by atoms with Crippen molar-refractivity contribution >= 4 is 45.2 Å². The average molecular weight is 494 g/mol. The molecular formula is C21H22BrClN4OS. The molecule has 0 fully saturated rings. The van der Waals surface area contributed by atoms with Gasteiger partial charge in [-0.2, -0.15) is 0 Å². The van der Waals surface area contributed by atoms with E-state index in [1.807, 2.05) is 23.7 Å². The molecule has 5 nitrogen and oxygen atoms in total. The minimum Gasteiger partial charge on any atom is -0.342 e. The van der Waals surface area contributed by atoms with Crippen molar-refractivity contribution in [1.29, 1.82) is 0 Å². The number of thioether (sulfide) groups is 1. The highest BCUT2D eigenvalue weighted by molar-refractivity contribution is 9.10. The Hall–Kier alpha value is -1.83. The molecule has 3 aromatic rings. The predicted molar refractivity (Wildman–Crippen MR) is 121 cm³/mol. The second-order valence-corrected chi connectivity index (χ2v) is 9.31. The number of rotatable bonds is 7. The van der Waals surface area contributed by atoms with Crippen LogP contribution < -0.4 is 5.32 Å². The van der Waals surface area contributed by atoms with Gasteiger partial charge in [-0.3, -0.25) is 4.79 Å². The standard InChI is InChI=1S/C21H22BrClN4OS/c1-13(2)18(24-20(28)15-6-10-17(23)11-7-15)19-25-26-21(27(19)3)29-12-14-4-8-16(22)9-5-14/h4-11,13,18H,12H2,1-3H3,(H,24,28)/t18-/m1/s1. The minimum absolute atomic E-state index is 0.151. The molecule has 0 aliphatic heterocycles. The van der Waals surface area contributed by atoms with Crippen LogP contribution in [0, 0.1) is 5.92 Å². The largest absolute Gasteiger partial charge is 0.342 e. The van der Waals surface area contributed by atoms with E-state index >= 15 is 0 Å². The Balaban J connectivity index is 1.73. The van der Waals surface area contributed by atoms with Gasteiger partial charge < -0.3 is 9.88 Å². The fourth-order valence-corrected chi connectivity index (χ4v) is 4.07. The zero-order valence-corrected chi connectivity index (χ0v) is 19.6. The van der Waals surface area contributed by atoms with Gasteiger partial charge in [0.1, 0.15) is 0 Å². The van der Waals surface area contributed by atoms with Gasteiger partial charge in [-0.15, -0.1) is 10.2 Å². The first-order valence-corrected chi connectivity index (χ1v) is 11.3. The number of nitrogens with one attached hydrogen (secondary N) is 1. The van der Waals surface area contributed by atoms with Crippen LogP contribution in [0.4, 0.5) is 0 Å². The maximum Gasteiger partial charge on any atom is 0.251 e. The summed E-state index contributed by atoms with van der Waals surface area (Å²) in [7, 11) is 1.93. The molecule has 0 unspecified atom stereocenters. The molecule has 152 valence electrons. The van der Waals surface area contributed by atoms with E-state index in [-0.39, 0.29) is 17.9 Å². The van der Waals surface area contributed by atoms with Gasteiger partial charge in [-0.25, -0.2) is 0 Å². The maximum absolute atomic E-state index is 12.7. The van der Waals surface area contributed by atoms with Gasteiger partial charge in [-0.05, 0) is 47.9 Å². The van der Waals surface area contributed by atoms with Gasteiger partial charge in [0.15, 0.2) is 11.0 Å². The molecule has 1 heterocycles. The van der Waals surface area contributed by atoms with Crippen LogP contribution in [0.2, 0.25) is 5.02 Å². The van der Waals surface area contributed by atoms with Crippen molar-refractivity contribution in [2.24, 2.45) is 13.0 Å². The van der Waals surface area contributed by atoms with Crippen LogP contribution in [0.5, 0.6) is 0 Å². The lowest BCUT2D eigenvalue weighted by atomic mass is 10.0. The monoisotopic (exact) mass is 492 g/mol. The molecular weight excluding hydrogens is 472 g/mol. The van der Waals surface area contributed by atoms with Crippen molar-refractivity contribution < 1.29 is 4.79 Å². The molecule has 0 radical (unpaired) electrons. The summed E-state index contributed by atoms with van der Waals surface area (Å²) in [6.45, 7) is 4.10. The SMILES string of the molecule is CC(C)[C@@H](NC(=O)c1ccc(Cl)cc1)c1nnc(SCc2ccc(Br)cc2)n1C. The second-order valence-electron chi connectivity index (χ2n) is 7.02. The van der Waals surface area contributed by atoms with E-state index in [0.29, 0.717) is 10.6 Å². The van der Waals surface area contributed by atoms with E-state index in [2.05, 4.69) is 57.4 Å². The number of carbonyl (C=O) groups excluding carboxylic acids is 1. The zero-order chi connectivity index (χ0) is 21.0. The first-order valence-electron chi connectivity index (χ1n) is 9.18. The number of aromatic nitrogens is 3. The molecule has 1 N–H and O–H groups in total. The van der Waals surface area contributed by atoms with Crippen LogP contribution in [-0.2, 0) is 12.8 Å². The number of carbonyl (C=O) groups is 1. The summed E-state index contributed by atoms with van der Waals surface area (Å²) >= 11 is 11.0. The third-order valence-electron chi connectivity index (χ3n) is 4.49. The molecule has 1 atom stereocenters. The molecule has 0 saturated heterocycles. The summed E-state index contributed by atoms with van der Waals surface area (Å²) < 4.78 is 3.01. The smallest absolute Gasteiger partial charge is 0.251 e. The van der Waals surface area contributed by atoms with E-state index in [9.17, 15) is 4.79 Å². The van der Waals surface area contributed by atoms with E-state index in [1.54, 1.807) is 36.0 Å². The summed E-state index contributed by atoms with van der Waals surface area (Å²) in [6.07, 6.45) is 0. The third kappa shape index (κ3) is 5.62. The topological polar surface area (TPSA) is 59.8 Å². The summed E-state index contributed by atoms with van der Waals surface area (Å²) in [5, 5.41) is 13.2. The van der Waals surface area contributed by atoms with Crippen molar-refractivity contribution in [3.8, 4) is 0 Å². The fraction of sp³-hybridized carbons (Fsp3) is 0.286. The Morgan fingerprint density at radius 2 is 1.79 bits per heavy atom. The van der Waals surface area contributed by atoms with Crippen LogP contribution in [0.1, 0.15) is 41.6 Å². The zero-order valence-electron chi connectivity index (χ0n) is 16.4. The number of benzene rings is 2. The number of amides is 1. The van der Waals surface area contributed by atoms with E-state index < -0.39 is 0 Å². The molecule has 0 aliphatic rings. The van der Waals surface area contributed by atoms with Crippen LogP contribution in [0.15, 0.2) is 58.2 Å². The summed E-state index contributed by atoms with van der Waals surface area (Å²) in [5.74, 6) is 1.52. The van der Waals surface area contributed by atoms with E-state index in [0.717, 1.165) is 21.2 Å². The molecule has 8 heteroatoms. The summed E-state index contributed by atoms with van der Waals surface area (Å²) in [6, 6.07) is 14.8. The molecule has 0 saturated carbocycles. The van der Waals surface area contributed by atoms with Gasteiger partial charge in [0, 0.05) is 27.9 Å². The van der Waals surface area contributed by atoms with Gasteiger partial charge in [0.05, 0.1) is 6.04 Å². The van der Waals surface area contributed by atoms with Crippen molar-refractivity contribution in [3.63, 3.8) is 0 Å². The van der Waals surface area contributed by atoms with Gasteiger partial charge in [0.2, 0.25) is 0 Å². The molecule has 0 aliphatic carbocycles. The first-order chi connectivity index (χ1) is 13.8. The van der Waals surface area contributed by atoms with E-state index in [4.69, 9.17) is 11.6 Å². The molecule has 29 heavy (non-hydrogen) atoms. The Morgan fingerprint density at radius 1 is 1.14 bits per heavy atom. The highest BCUT2D eigenvalue weighted by atomic mass is 79.9. The number of halogens is 2. The molecule has 1 amide bonds. The van der Waals surface area contributed by atoms with Crippen molar-refractivity contribution in [2.45, 2.75) is 30.8 Å². The van der Waals surface area contributed by atoms with Crippen molar-refractivity contribution in [3.05, 3.63) is 75.0 Å². The summed E-state index contributed by atoms with van der Waals surface area (Å²) in [4.78, 5) is 12.7. The van der Waals surface area contributed by atoms with Gasteiger partial charge >= 0.3 is 0 Å². The Morgan fingerprint density at radius 3 is 2.41 bits per heavy atom. The fourth-order valence-electron chi connectivity index (χ4n) is 2.81. The lowest BCUT2D eigenvalue weighted by Crippen LogP contribution is -2.33.